The monoisotopic (exact) mass is 443 g/mol. The van der Waals surface area contributed by atoms with Crippen LogP contribution >= 0.6 is 0 Å². The van der Waals surface area contributed by atoms with Crippen molar-refractivity contribution in [3.05, 3.63) is 30.0 Å². The molecule has 2 aromatic rings. The Balaban J connectivity index is 0. The summed E-state index contributed by atoms with van der Waals surface area (Å²) in [5.74, 6) is 0.659. The Bertz CT molecular complexity index is 654. The molecule has 7 nitrogen and oxygen atoms in total. The Kier molecular flexibility index (Phi) is 14.8. The zero-order chi connectivity index (χ0) is 19.6. The van der Waals surface area contributed by atoms with E-state index in [1.807, 2.05) is 26.2 Å². The van der Waals surface area contributed by atoms with E-state index in [9.17, 15) is 9.90 Å². The van der Waals surface area contributed by atoms with Crippen LogP contribution in [0.3, 0.4) is 0 Å². The molecule has 0 atom stereocenters. The number of ether oxygens (including phenoxy) is 1. The number of carboxylic acid groups (broad SMARTS) is 1. The van der Waals surface area contributed by atoms with Gasteiger partial charge < -0.3 is 25.0 Å². The molecule has 1 aromatic heterocycles. The zero-order valence-corrected chi connectivity index (χ0v) is 19.3. The molecule has 0 unspecified atom stereocenters. The maximum Gasteiger partial charge on any atom is 0.416 e. The molecule has 2 rings (SSSR count). The van der Waals surface area contributed by atoms with Crippen LogP contribution in [-0.4, -0.2) is 71.8 Å². The fraction of sp³-hybridized carbons (Fsp3) is 0.500. The van der Waals surface area contributed by atoms with Gasteiger partial charge in [0.1, 0.15) is 5.75 Å². The van der Waals surface area contributed by atoms with E-state index >= 15 is 0 Å². The maximum absolute atomic E-state index is 11.3. The standard InChI is InChI=1S/C14H18N2O3.C3H8O.CH4O.Y/c1-15(2)7-6-10-9-16(14(17)18)13-8-11(19-3)4-5-12(10)13;1-3(2)4;1-2;/h4-5,8-9H,6-7H2,1-3H3,(H,17,18);3-4H,1-2H3;2H,1H3;. The molecule has 0 fully saturated rings. The number of methoxy groups -OCH3 is 1. The predicted molar refractivity (Wildman–Crippen MR) is 99.7 cm³/mol. The average molecular weight is 443 g/mol. The molecule has 1 aromatic carbocycles. The third-order valence-corrected chi connectivity index (χ3v) is 3.13. The van der Waals surface area contributed by atoms with Crippen LogP contribution < -0.4 is 4.74 Å². The van der Waals surface area contributed by atoms with Crippen LogP contribution in [0.4, 0.5) is 4.79 Å². The van der Waals surface area contributed by atoms with Gasteiger partial charge in [0, 0.05) is 70.1 Å². The van der Waals surface area contributed by atoms with Gasteiger partial charge in [-0.25, -0.2) is 4.79 Å². The van der Waals surface area contributed by atoms with Crippen LogP contribution in [0.25, 0.3) is 10.9 Å². The van der Waals surface area contributed by atoms with Crippen molar-refractivity contribution in [3.8, 4) is 5.75 Å². The molecule has 8 heteroatoms. The molecule has 145 valence electrons. The first-order valence-electron chi connectivity index (χ1n) is 7.95. The summed E-state index contributed by atoms with van der Waals surface area (Å²) >= 11 is 0. The van der Waals surface area contributed by atoms with Crippen molar-refractivity contribution in [2.24, 2.45) is 0 Å². The predicted octanol–water partition coefficient (Wildman–Crippen LogP) is 2.27. The minimum absolute atomic E-state index is 0. The summed E-state index contributed by atoms with van der Waals surface area (Å²) in [7, 11) is 6.57. The largest absolute Gasteiger partial charge is 0.497 e. The van der Waals surface area contributed by atoms with E-state index in [1.54, 1.807) is 33.2 Å². The number of fused-ring (bicyclic) bond motifs is 1. The number of rotatable bonds is 4. The summed E-state index contributed by atoms with van der Waals surface area (Å²) in [5, 5.41) is 25.3. The summed E-state index contributed by atoms with van der Waals surface area (Å²) in [6.45, 7) is 4.32. The maximum atomic E-state index is 11.3. The second-order valence-corrected chi connectivity index (χ2v) is 5.84. The van der Waals surface area contributed by atoms with Gasteiger partial charge in [-0.05, 0) is 52.1 Å². The summed E-state index contributed by atoms with van der Waals surface area (Å²) in [4.78, 5) is 13.4. The molecule has 0 amide bonds. The van der Waals surface area contributed by atoms with Gasteiger partial charge in [-0.15, -0.1) is 0 Å². The number of nitrogens with zero attached hydrogens (tertiary/aromatic N) is 2. The van der Waals surface area contributed by atoms with Crippen LogP contribution in [0.5, 0.6) is 5.75 Å². The van der Waals surface area contributed by atoms with E-state index < -0.39 is 6.09 Å². The first-order valence-corrected chi connectivity index (χ1v) is 7.95. The Morgan fingerprint density at radius 2 is 1.81 bits per heavy atom. The van der Waals surface area contributed by atoms with E-state index in [4.69, 9.17) is 14.9 Å². The number of carbonyl (C=O) groups is 1. The van der Waals surface area contributed by atoms with Crippen molar-refractivity contribution in [2.45, 2.75) is 26.4 Å². The van der Waals surface area contributed by atoms with Crippen molar-refractivity contribution in [1.82, 2.24) is 9.47 Å². The molecule has 0 saturated carbocycles. The Morgan fingerprint density at radius 3 is 2.23 bits per heavy atom. The van der Waals surface area contributed by atoms with Crippen LogP contribution in [0, 0.1) is 0 Å². The van der Waals surface area contributed by atoms with Crippen molar-refractivity contribution in [3.63, 3.8) is 0 Å². The van der Waals surface area contributed by atoms with Crippen molar-refractivity contribution in [1.29, 1.82) is 0 Å². The van der Waals surface area contributed by atoms with Gasteiger partial charge in [0.2, 0.25) is 0 Å². The zero-order valence-electron chi connectivity index (χ0n) is 16.4. The molecule has 0 aliphatic rings. The molecule has 0 aliphatic heterocycles. The fourth-order valence-electron chi connectivity index (χ4n) is 2.11. The fourth-order valence-corrected chi connectivity index (χ4v) is 2.11. The van der Waals surface area contributed by atoms with E-state index in [1.165, 1.54) is 4.57 Å². The van der Waals surface area contributed by atoms with Gasteiger partial charge >= 0.3 is 6.09 Å². The second-order valence-electron chi connectivity index (χ2n) is 5.84. The summed E-state index contributed by atoms with van der Waals surface area (Å²) in [6.07, 6.45) is 1.36. The number of aromatic nitrogens is 1. The Hall–Kier alpha value is -0.986. The first kappa shape index (κ1) is 27.2. The van der Waals surface area contributed by atoms with Gasteiger partial charge in [-0.1, -0.05) is 0 Å². The summed E-state index contributed by atoms with van der Waals surface area (Å²) in [5.41, 5.74) is 1.70. The van der Waals surface area contributed by atoms with E-state index in [0.29, 0.717) is 11.3 Å². The number of aliphatic hydroxyl groups is 2. The second kappa shape index (κ2) is 14.1. The third-order valence-electron chi connectivity index (χ3n) is 3.13. The van der Waals surface area contributed by atoms with E-state index in [2.05, 4.69) is 4.90 Å². The molecule has 0 bridgehead atoms. The van der Waals surface area contributed by atoms with Crippen molar-refractivity contribution < 1.29 is 57.6 Å². The van der Waals surface area contributed by atoms with Gasteiger partial charge in [0.05, 0.1) is 12.6 Å². The number of aliphatic hydroxyl groups excluding tert-OH is 2. The van der Waals surface area contributed by atoms with Crippen molar-refractivity contribution in [2.75, 3.05) is 34.9 Å². The van der Waals surface area contributed by atoms with Gasteiger partial charge in [0.15, 0.2) is 0 Å². The van der Waals surface area contributed by atoms with Crippen molar-refractivity contribution >= 4 is 17.0 Å². The molecule has 26 heavy (non-hydrogen) atoms. The number of likely N-dealkylation sites (N-methyl/N-ethyl adjacent to an activating group) is 1. The smallest absolute Gasteiger partial charge is 0.416 e. The molecule has 0 aliphatic carbocycles. The molecular formula is C18H30N2O5Y. The summed E-state index contributed by atoms with van der Waals surface area (Å²) < 4.78 is 6.40. The topological polar surface area (TPSA) is 95.2 Å². The molecule has 1 radical (unpaired) electrons. The molecular weight excluding hydrogens is 413 g/mol. The number of benzene rings is 1. The summed E-state index contributed by atoms with van der Waals surface area (Å²) in [6, 6.07) is 5.52. The molecule has 0 spiro atoms. The van der Waals surface area contributed by atoms with Crippen LogP contribution in [0.1, 0.15) is 19.4 Å². The molecule has 1 heterocycles. The Labute approximate surface area is 180 Å². The minimum Gasteiger partial charge on any atom is -0.497 e. The van der Waals surface area contributed by atoms with Crippen LogP contribution in [-0.2, 0) is 39.1 Å². The molecule has 0 saturated heterocycles. The van der Waals surface area contributed by atoms with Crippen LogP contribution in [0.15, 0.2) is 24.4 Å². The van der Waals surface area contributed by atoms with E-state index in [-0.39, 0.29) is 38.8 Å². The average Bonchev–Trinajstić information content (AvgIpc) is 2.92. The first-order chi connectivity index (χ1) is 11.8. The minimum atomic E-state index is -0.977. The SMILES string of the molecule is CC(C)O.CO.COc1ccc2c(CCN(C)C)cn(C(=O)O)c2c1.[Y]. The third kappa shape index (κ3) is 9.10. The quantitative estimate of drug-likeness (QED) is 0.671. The Morgan fingerprint density at radius 1 is 1.27 bits per heavy atom. The normalized spacial score (nSPS) is 9.77. The van der Waals surface area contributed by atoms with Gasteiger partial charge in [0.25, 0.3) is 0 Å². The van der Waals surface area contributed by atoms with E-state index in [0.717, 1.165) is 31.0 Å². The van der Waals surface area contributed by atoms with Gasteiger partial charge in [-0.2, -0.15) is 0 Å². The number of hydrogen-bond acceptors (Lipinski definition) is 5. The van der Waals surface area contributed by atoms with Crippen LogP contribution in [0.2, 0.25) is 0 Å². The van der Waals surface area contributed by atoms with Gasteiger partial charge in [-0.3, -0.25) is 4.57 Å². The number of hydrogen-bond donors (Lipinski definition) is 3. The molecule has 3 N–H and O–H groups in total.